The molecule has 1 aromatic rings. The van der Waals surface area contributed by atoms with Crippen LogP contribution in [0.25, 0.3) is 0 Å². The van der Waals surface area contributed by atoms with E-state index in [-0.39, 0.29) is 12.1 Å². The molecule has 0 aromatic heterocycles. The summed E-state index contributed by atoms with van der Waals surface area (Å²) in [6, 6.07) is 6.64. The van der Waals surface area contributed by atoms with Crippen molar-refractivity contribution >= 4 is 31.9 Å². The summed E-state index contributed by atoms with van der Waals surface area (Å²) in [7, 11) is 0. The molecule has 2 unspecified atom stereocenters. The van der Waals surface area contributed by atoms with Crippen LogP contribution in [0.15, 0.2) is 27.1 Å². The van der Waals surface area contributed by atoms with Crippen LogP contribution >= 0.6 is 31.9 Å². The summed E-state index contributed by atoms with van der Waals surface area (Å²) in [6.45, 7) is 5.59. The number of nitrogens with zero attached hydrogens (tertiary/aromatic N) is 1. The van der Waals surface area contributed by atoms with Crippen LogP contribution in [0.4, 0.5) is 0 Å². The van der Waals surface area contributed by atoms with Crippen LogP contribution in [0.3, 0.4) is 0 Å². The van der Waals surface area contributed by atoms with Gasteiger partial charge in [-0.1, -0.05) is 13.0 Å². The minimum Gasteiger partial charge on any atom is -0.374 e. The van der Waals surface area contributed by atoms with Gasteiger partial charge in [-0.3, -0.25) is 4.90 Å². The first-order chi connectivity index (χ1) is 9.17. The van der Waals surface area contributed by atoms with Crippen LogP contribution in [-0.4, -0.2) is 37.2 Å². The number of hydrogen-bond acceptors (Lipinski definition) is 3. The topological polar surface area (TPSA) is 38.5 Å². The number of hydrogen-bond donors (Lipinski definition) is 1. The van der Waals surface area contributed by atoms with Crippen molar-refractivity contribution in [2.75, 3.05) is 26.2 Å². The molecule has 0 aliphatic carbocycles. The van der Waals surface area contributed by atoms with E-state index in [1.807, 2.05) is 0 Å². The van der Waals surface area contributed by atoms with Gasteiger partial charge >= 0.3 is 0 Å². The number of rotatable bonds is 4. The third kappa shape index (κ3) is 3.58. The Morgan fingerprint density at radius 3 is 2.79 bits per heavy atom. The van der Waals surface area contributed by atoms with Gasteiger partial charge in [0.15, 0.2) is 0 Å². The third-order valence-electron chi connectivity index (χ3n) is 3.48. The molecule has 0 spiro atoms. The van der Waals surface area contributed by atoms with E-state index in [9.17, 15) is 0 Å². The van der Waals surface area contributed by atoms with E-state index in [1.165, 1.54) is 5.56 Å². The number of benzene rings is 1. The Balaban J connectivity index is 2.30. The minimum absolute atomic E-state index is 0.0772. The molecule has 0 radical (unpaired) electrons. The Hall–Kier alpha value is 0.0600. The maximum atomic E-state index is 5.88. The van der Waals surface area contributed by atoms with Gasteiger partial charge in [-0.15, -0.1) is 0 Å². The maximum Gasteiger partial charge on any atom is 0.0894 e. The lowest BCUT2D eigenvalue weighted by Crippen LogP contribution is -2.48. The highest BCUT2D eigenvalue weighted by atomic mass is 79.9. The first kappa shape index (κ1) is 15.4. The van der Waals surface area contributed by atoms with Gasteiger partial charge in [-0.2, -0.15) is 0 Å². The number of nitrogens with two attached hydrogens (primary N) is 1. The molecule has 3 nitrogen and oxygen atoms in total. The van der Waals surface area contributed by atoms with E-state index in [2.05, 4.69) is 61.9 Å². The second-order valence-electron chi connectivity index (χ2n) is 4.80. The van der Waals surface area contributed by atoms with Gasteiger partial charge in [0, 0.05) is 22.0 Å². The minimum atomic E-state index is 0.0772. The molecule has 2 N–H and O–H groups in total. The molecule has 106 valence electrons. The SMILES string of the molecule is CCCN1CCOC(CN)C1c1ccc(Br)c(Br)c1. The van der Waals surface area contributed by atoms with Crippen molar-refractivity contribution in [3.8, 4) is 0 Å². The van der Waals surface area contributed by atoms with Crippen molar-refractivity contribution in [3.05, 3.63) is 32.7 Å². The molecule has 1 saturated heterocycles. The summed E-state index contributed by atoms with van der Waals surface area (Å²) >= 11 is 7.09. The fraction of sp³-hybridized carbons (Fsp3) is 0.571. The number of halogens is 2. The lowest BCUT2D eigenvalue weighted by molar-refractivity contribution is -0.0676. The molecule has 1 aliphatic rings. The standard InChI is InChI=1S/C14H20Br2N2O/c1-2-5-18-6-7-19-13(9-17)14(18)10-3-4-11(15)12(16)8-10/h3-4,8,13-14H,2,5-7,9,17H2,1H3. The van der Waals surface area contributed by atoms with Gasteiger partial charge < -0.3 is 10.5 Å². The number of ether oxygens (including phenoxy) is 1. The van der Waals surface area contributed by atoms with Crippen LogP contribution in [-0.2, 0) is 4.74 Å². The van der Waals surface area contributed by atoms with Crippen LogP contribution in [0.1, 0.15) is 24.9 Å². The normalized spacial score (nSPS) is 24.6. The van der Waals surface area contributed by atoms with Crippen molar-refractivity contribution in [2.24, 2.45) is 5.73 Å². The summed E-state index contributed by atoms with van der Waals surface area (Å²) in [5.41, 5.74) is 7.15. The lowest BCUT2D eigenvalue weighted by Gasteiger charge is -2.41. The van der Waals surface area contributed by atoms with Gasteiger partial charge in [0.25, 0.3) is 0 Å². The monoisotopic (exact) mass is 390 g/mol. The average molecular weight is 392 g/mol. The van der Waals surface area contributed by atoms with E-state index >= 15 is 0 Å². The predicted octanol–water partition coefficient (Wildman–Crippen LogP) is 3.32. The molecule has 0 amide bonds. The van der Waals surface area contributed by atoms with Crippen LogP contribution < -0.4 is 5.73 Å². The zero-order valence-electron chi connectivity index (χ0n) is 11.1. The summed E-state index contributed by atoms with van der Waals surface area (Å²) in [4.78, 5) is 2.48. The molecule has 2 rings (SSSR count). The Kier molecular flexibility index (Phi) is 5.84. The molecule has 2 atom stereocenters. The zero-order valence-corrected chi connectivity index (χ0v) is 14.3. The van der Waals surface area contributed by atoms with E-state index < -0.39 is 0 Å². The van der Waals surface area contributed by atoms with Gasteiger partial charge in [0.1, 0.15) is 0 Å². The van der Waals surface area contributed by atoms with Crippen LogP contribution in [0, 0.1) is 0 Å². The quantitative estimate of drug-likeness (QED) is 0.855. The average Bonchev–Trinajstić information content (AvgIpc) is 2.42. The van der Waals surface area contributed by atoms with Gasteiger partial charge in [0.2, 0.25) is 0 Å². The van der Waals surface area contributed by atoms with Crippen LogP contribution in [0.2, 0.25) is 0 Å². The molecule has 5 heteroatoms. The smallest absolute Gasteiger partial charge is 0.0894 e. The van der Waals surface area contributed by atoms with Crippen molar-refractivity contribution in [2.45, 2.75) is 25.5 Å². The summed E-state index contributed by atoms with van der Waals surface area (Å²) in [5.74, 6) is 0. The molecule has 1 fully saturated rings. The molecular weight excluding hydrogens is 372 g/mol. The molecule has 0 saturated carbocycles. The van der Waals surface area contributed by atoms with Gasteiger partial charge in [-0.05, 0) is 62.5 Å². The highest BCUT2D eigenvalue weighted by molar-refractivity contribution is 9.13. The lowest BCUT2D eigenvalue weighted by atomic mass is 9.98. The third-order valence-corrected chi connectivity index (χ3v) is 5.36. The Labute approximate surface area is 131 Å². The second-order valence-corrected chi connectivity index (χ2v) is 6.51. The second kappa shape index (κ2) is 7.18. The fourth-order valence-corrected chi connectivity index (χ4v) is 3.29. The van der Waals surface area contributed by atoms with Gasteiger partial charge in [-0.25, -0.2) is 0 Å². The molecule has 1 aromatic carbocycles. The predicted molar refractivity (Wildman–Crippen MR) is 85.2 cm³/mol. The van der Waals surface area contributed by atoms with E-state index in [1.54, 1.807) is 0 Å². The first-order valence-electron chi connectivity index (χ1n) is 6.68. The molecule has 1 heterocycles. The van der Waals surface area contributed by atoms with Crippen molar-refractivity contribution in [1.29, 1.82) is 0 Å². The van der Waals surface area contributed by atoms with Crippen molar-refractivity contribution in [3.63, 3.8) is 0 Å². The van der Waals surface area contributed by atoms with E-state index in [0.717, 1.165) is 35.1 Å². The maximum absolute atomic E-state index is 5.88. The van der Waals surface area contributed by atoms with Crippen molar-refractivity contribution < 1.29 is 4.74 Å². The molecular formula is C14H20Br2N2O. The molecule has 19 heavy (non-hydrogen) atoms. The summed E-state index contributed by atoms with van der Waals surface area (Å²) in [5, 5.41) is 0. The van der Waals surface area contributed by atoms with Gasteiger partial charge in [0.05, 0.1) is 18.8 Å². The van der Waals surface area contributed by atoms with Crippen LogP contribution in [0.5, 0.6) is 0 Å². The van der Waals surface area contributed by atoms with E-state index in [0.29, 0.717) is 6.54 Å². The molecule has 0 bridgehead atoms. The molecule has 1 aliphatic heterocycles. The largest absolute Gasteiger partial charge is 0.374 e. The highest BCUT2D eigenvalue weighted by Gasteiger charge is 2.32. The highest BCUT2D eigenvalue weighted by Crippen LogP contribution is 2.33. The fourth-order valence-electron chi connectivity index (χ4n) is 2.64. The van der Waals surface area contributed by atoms with E-state index in [4.69, 9.17) is 10.5 Å². The summed E-state index contributed by atoms with van der Waals surface area (Å²) < 4.78 is 7.99. The summed E-state index contributed by atoms with van der Waals surface area (Å²) in [6.07, 6.45) is 1.22. The Morgan fingerprint density at radius 1 is 1.37 bits per heavy atom. The Bertz CT molecular complexity index is 426. The number of morpholine rings is 1. The zero-order chi connectivity index (χ0) is 13.8. The Morgan fingerprint density at radius 2 is 2.16 bits per heavy atom. The van der Waals surface area contributed by atoms with Crippen molar-refractivity contribution in [1.82, 2.24) is 4.90 Å². The first-order valence-corrected chi connectivity index (χ1v) is 8.26.